The molecule has 2 heteroatoms. The van der Waals surface area contributed by atoms with Gasteiger partial charge in [-0.1, -0.05) is 0 Å². The highest BCUT2D eigenvalue weighted by atomic mass is 15.2. The van der Waals surface area contributed by atoms with Gasteiger partial charge in [-0.15, -0.1) is 0 Å². The van der Waals surface area contributed by atoms with Crippen molar-refractivity contribution in [2.24, 2.45) is 0 Å². The standard InChI is InChI=1S/C8H14N2/c1-7(5-6-9)10(2)8-3-4-8/h7-8H,3-5H2,1-2H3. The molecule has 1 fully saturated rings. The molecule has 0 saturated heterocycles. The molecule has 0 aromatic carbocycles. The number of rotatable bonds is 3. The van der Waals surface area contributed by atoms with Crippen LogP contribution >= 0.6 is 0 Å². The second kappa shape index (κ2) is 3.03. The van der Waals surface area contributed by atoms with E-state index in [4.69, 9.17) is 5.26 Å². The SMILES string of the molecule is CC(CC#N)N(C)C1CC1. The molecule has 0 heterocycles. The fourth-order valence-electron chi connectivity index (χ4n) is 1.12. The molecule has 1 saturated carbocycles. The van der Waals surface area contributed by atoms with Crippen molar-refractivity contribution >= 4 is 0 Å². The lowest BCUT2D eigenvalue weighted by molar-refractivity contribution is 0.250. The second-order valence-corrected chi connectivity index (χ2v) is 3.11. The van der Waals surface area contributed by atoms with Gasteiger partial charge in [0.2, 0.25) is 0 Å². The average molecular weight is 138 g/mol. The third-order valence-electron chi connectivity index (χ3n) is 2.20. The predicted octanol–water partition coefficient (Wildman–Crippen LogP) is 1.38. The molecule has 1 unspecified atom stereocenters. The van der Waals surface area contributed by atoms with Gasteiger partial charge in [0.1, 0.15) is 0 Å². The van der Waals surface area contributed by atoms with Gasteiger partial charge in [-0.3, -0.25) is 4.90 Å². The largest absolute Gasteiger partial charge is 0.300 e. The van der Waals surface area contributed by atoms with Crippen LogP contribution in [0.4, 0.5) is 0 Å². The van der Waals surface area contributed by atoms with E-state index in [1.807, 2.05) is 0 Å². The Morgan fingerprint density at radius 2 is 2.30 bits per heavy atom. The number of hydrogen-bond acceptors (Lipinski definition) is 2. The normalized spacial score (nSPS) is 20.6. The first-order valence-electron chi connectivity index (χ1n) is 3.84. The Morgan fingerprint density at radius 1 is 1.70 bits per heavy atom. The molecule has 1 atom stereocenters. The van der Waals surface area contributed by atoms with Crippen LogP contribution in [0, 0.1) is 11.3 Å². The molecule has 10 heavy (non-hydrogen) atoms. The number of nitriles is 1. The minimum atomic E-state index is 0.442. The van der Waals surface area contributed by atoms with Gasteiger partial charge in [0, 0.05) is 12.1 Å². The Morgan fingerprint density at radius 3 is 2.70 bits per heavy atom. The summed E-state index contributed by atoms with van der Waals surface area (Å²) in [5.41, 5.74) is 0. The highest BCUT2D eigenvalue weighted by molar-refractivity contribution is 4.88. The van der Waals surface area contributed by atoms with Crippen molar-refractivity contribution in [2.75, 3.05) is 7.05 Å². The van der Waals surface area contributed by atoms with Gasteiger partial charge in [0.15, 0.2) is 0 Å². The summed E-state index contributed by atoms with van der Waals surface area (Å²) in [4.78, 5) is 2.31. The summed E-state index contributed by atoms with van der Waals surface area (Å²) in [6.45, 7) is 2.11. The molecule has 0 amide bonds. The van der Waals surface area contributed by atoms with Crippen molar-refractivity contribution in [1.82, 2.24) is 4.90 Å². The van der Waals surface area contributed by atoms with Crippen LogP contribution in [0.1, 0.15) is 26.2 Å². The smallest absolute Gasteiger partial charge is 0.0638 e. The summed E-state index contributed by atoms with van der Waals surface area (Å²) in [7, 11) is 2.11. The van der Waals surface area contributed by atoms with Crippen molar-refractivity contribution in [3.63, 3.8) is 0 Å². The molecule has 1 rings (SSSR count). The fourth-order valence-corrected chi connectivity index (χ4v) is 1.12. The van der Waals surface area contributed by atoms with Crippen molar-refractivity contribution in [2.45, 2.75) is 38.3 Å². The average Bonchev–Trinajstić information content (AvgIpc) is 2.68. The quantitative estimate of drug-likeness (QED) is 0.589. The lowest BCUT2D eigenvalue weighted by Crippen LogP contribution is -2.30. The van der Waals surface area contributed by atoms with Crippen molar-refractivity contribution in [3.8, 4) is 6.07 Å². The zero-order valence-electron chi connectivity index (χ0n) is 6.67. The second-order valence-electron chi connectivity index (χ2n) is 3.11. The van der Waals surface area contributed by atoms with Gasteiger partial charge in [-0.05, 0) is 26.8 Å². The molecule has 1 aliphatic rings. The molecule has 56 valence electrons. The van der Waals surface area contributed by atoms with Crippen LogP contribution in [0.15, 0.2) is 0 Å². The predicted molar refractivity (Wildman–Crippen MR) is 40.5 cm³/mol. The van der Waals surface area contributed by atoms with Gasteiger partial charge in [-0.25, -0.2) is 0 Å². The maximum absolute atomic E-state index is 8.41. The first kappa shape index (κ1) is 7.56. The van der Waals surface area contributed by atoms with Gasteiger partial charge in [0.05, 0.1) is 12.5 Å². The van der Waals surface area contributed by atoms with Crippen LogP contribution in [-0.2, 0) is 0 Å². The Hall–Kier alpha value is -0.550. The van der Waals surface area contributed by atoms with Crippen molar-refractivity contribution in [3.05, 3.63) is 0 Å². The summed E-state index contributed by atoms with van der Waals surface area (Å²) in [5.74, 6) is 0. The molecular formula is C8H14N2. The van der Waals surface area contributed by atoms with Gasteiger partial charge in [-0.2, -0.15) is 5.26 Å². The number of hydrogen-bond donors (Lipinski definition) is 0. The Labute approximate surface area is 62.4 Å². The fraction of sp³-hybridized carbons (Fsp3) is 0.875. The van der Waals surface area contributed by atoms with E-state index in [1.54, 1.807) is 0 Å². The van der Waals surface area contributed by atoms with Crippen LogP contribution in [0.3, 0.4) is 0 Å². The van der Waals surface area contributed by atoms with E-state index < -0.39 is 0 Å². The Kier molecular flexibility index (Phi) is 2.29. The van der Waals surface area contributed by atoms with Crippen LogP contribution < -0.4 is 0 Å². The third kappa shape index (κ3) is 1.71. The van der Waals surface area contributed by atoms with Crippen molar-refractivity contribution < 1.29 is 0 Å². The maximum Gasteiger partial charge on any atom is 0.0638 e. The molecule has 0 bridgehead atoms. The maximum atomic E-state index is 8.41. The molecule has 0 N–H and O–H groups in total. The Bertz CT molecular complexity index is 144. The van der Waals surface area contributed by atoms with Crippen LogP contribution in [0.25, 0.3) is 0 Å². The van der Waals surface area contributed by atoms with Gasteiger partial charge < -0.3 is 0 Å². The summed E-state index contributed by atoms with van der Waals surface area (Å²) >= 11 is 0. The zero-order chi connectivity index (χ0) is 7.56. The van der Waals surface area contributed by atoms with Gasteiger partial charge >= 0.3 is 0 Å². The monoisotopic (exact) mass is 138 g/mol. The van der Waals surface area contributed by atoms with E-state index in [0.717, 1.165) is 6.04 Å². The van der Waals surface area contributed by atoms with E-state index in [1.165, 1.54) is 12.8 Å². The summed E-state index contributed by atoms with van der Waals surface area (Å²) in [6.07, 6.45) is 3.31. The summed E-state index contributed by atoms with van der Waals surface area (Å²) < 4.78 is 0. The minimum Gasteiger partial charge on any atom is -0.300 e. The summed E-state index contributed by atoms with van der Waals surface area (Å²) in [6, 6.07) is 3.41. The van der Waals surface area contributed by atoms with E-state index in [9.17, 15) is 0 Å². The summed E-state index contributed by atoms with van der Waals surface area (Å²) in [5, 5.41) is 8.41. The van der Waals surface area contributed by atoms with E-state index in [2.05, 4.69) is 24.9 Å². The molecule has 2 nitrogen and oxygen atoms in total. The van der Waals surface area contributed by atoms with Crippen LogP contribution in [0.5, 0.6) is 0 Å². The Balaban J connectivity index is 2.25. The first-order chi connectivity index (χ1) is 4.75. The first-order valence-corrected chi connectivity index (χ1v) is 3.84. The lowest BCUT2D eigenvalue weighted by Gasteiger charge is -2.21. The number of nitrogens with zero attached hydrogens (tertiary/aromatic N) is 2. The molecule has 0 aromatic rings. The molecule has 0 aromatic heterocycles. The van der Waals surface area contributed by atoms with Crippen molar-refractivity contribution in [1.29, 1.82) is 5.26 Å². The lowest BCUT2D eigenvalue weighted by atomic mass is 10.2. The highest BCUT2D eigenvalue weighted by Crippen LogP contribution is 2.27. The zero-order valence-corrected chi connectivity index (χ0v) is 6.67. The molecule has 0 aliphatic heterocycles. The minimum absolute atomic E-state index is 0.442. The van der Waals surface area contributed by atoms with Crippen LogP contribution in [-0.4, -0.2) is 24.0 Å². The molecule has 1 aliphatic carbocycles. The van der Waals surface area contributed by atoms with Gasteiger partial charge in [0.25, 0.3) is 0 Å². The van der Waals surface area contributed by atoms with Crippen LogP contribution in [0.2, 0.25) is 0 Å². The third-order valence-corrected chi connectivity index (χ3v) is 2.20. The highest BCUT2D eigenvalue weighted by Gasteiger charge is 2.28. The molecule has 0 spiro atoms. The van der Waals surface area contributed by atoms with E-state index >= 15 is 0 Å². The van der Waals surface area contributed by atoms with E-state index in [-0.39, 0.29) is 0 Å². The molecule has 0 radical (unpaired) electrons. The molecular weight excluding hydrogens is 124 g/mol. The topological polar surface area (TPSA) is 27.0 Å². The van der Waals surface area contributed by atoms with E-state index in [0.29, 0.717) is 12.5 Å².